The van der Waals surface area contributed by atoms with Crippen molar-refractivity contribution in [3.05, 3.63) is 48.2 Å². The summed E-state index contributed by atoms with van der Waals surface area (Å²) >= 11 is 0. The predicted octanol–water partition coefficient (Wildman–Crippen LogP) is 3.19. The number of hydrogen-bond donors (Lipinski definition) is 1. The van der Waals surface area contributed by atoms with Gasteiger partial charge < -0.3 is 15.5 Å². The van der Waals surface area contributed by atoms with Gasteiger partial charge in [0.15, 0.2) is 0 Å². The second kappa shape index (κ2) is 7.18. The molecule has 166 valence electrons. The van der Waals surface area contributed by atoms with E-state index in [1.165, 1.54) is 6.08 Å². The number of carbonyl (C=O) groups is 1. The van der Waals surface area contributed by atoms with Gasteiger partial charge in [-0.05, 0) is 43.9 Å². The summed E-state index contributed by atoms with van der Waals surface area (Å²) < 4.78 is 16.2. The van der Waals surface area contributed by atoms with E-state index in [1.54, 1.807) is 23.0 Å². The van der Waals surface area contributed by atoms with Gasteiger partial charge in [-0.25, -0.2) is 9.37 Å². The Morgan fingerprint density at radius 2 is 2.06 bits per heavy atom. The smallest absolute Gasteiger partial charge is 0.230 e. The first-order chi connectivity index (χ1) is 15.5. The molecule has 0 spiro atoms. The lowest BCUT2D eigenvalue weighted by atomic mass is 9.80. The van der Waals surface area contributed by atoms with Crippen LogP contribution in [0.3, 0.4) is 0 Å². The molecule has 6 rings (SSSR count). The van der Waals surface area contributed by atoms with Crippen LogP contribution in [0.25, 0.3) is 11.1 Å². The Kier molecular flexibility index (Phi) is 4.38. The maximum atomic E-state index is 14.4. The van der Waals surface area contributed by atoms with E-state index < -0.39 is 5.92 Å². The van der Waals surface area contributed by atoms with E-state index in [2.05, 4.69) is 16.0 Å². The molecule has 2 aromatic heterocycles. The van der Waals surface area contributed by atoms with Crippen LogP contribution in [0.2, 0.25) is 0 Å². The van der Waals surface area contributed by atoms with Crippen LogP contribution < -0.4 is 10.6 Å². The highest BCUT2D eigenvalue weighted by molar-refractivity contribution is 5.83. The standard InChI is InChI=1S/C24H27FN6O/c1-29-12-19-14-9-22(23(26)27-11-14)30-8-2-3-21(30)18-10-15(25)4-7-17(18)24(32)31(16-5-6-16)13-20(19)28-29/h4,7,9-12,16-18,21H,2-3,5-6,8,13H2,1H3,(H2,26,27)/t17?,18?,21-/m1/s1. The Labute approximate surface area is 186 Å². The van der Waals surface area contributed by atoms with Crippen LogP contribution in [-0.4, -0.2) is 44.2 Å². The number of hydrogen-bond acceptors (Lipinski definition) is 5. The molecule has 1 amide bonds. The third kappa shape index (κ3) is 3.12. The van der Waals surface area contributed by atoms with E-state index in [4.69, 9.17) is 10.8 Å². The largest absolute Gasteiger partial charge is 0.382 e. The zero-order valence-corrected chi connectivity index (χ0v) is 18.1. The monoisotopic (exact) mass is 434 g/mol. The fourth-order valence-corrected chi connectivity index (χ4v) is 5.62. The van der Waals surface area contributed by atoms with Crippen molar-refractivity contribution >= 4 is 17.4 Å². The summed E-state index contributed by atoms with van der Waals surface area (Å²) in [6.45, 7) is 1.25. The summed E-state index contributed by atoms with van der Waals surface area (Å²) in [5.41, 5.74) is 9.95. The number of amides is 1. The second-order valence-corrected chi connectivity index (χ2v) is 9.41. The number of carbonyl (C=O) groups excluding carboxylic acids is 1. The molecule has 8 heteroatoms. The predicted molar refractivity (Wildman–Crippen MR) is 120 cm³/mol. The van der Waals surface area contributed by atoms with E-state index in [-0.39, 0.29) is 29.7 Å². The number of anilines is 2. The normalized spacial score (nSPS) is 27.2. The summed E-state index contributed by atoms with van der Waals surface area (Å²) in [6, 6.07) is 2.30. The van der Waals surface area contributed by atoms with Gasteiger partial charge >= 0.3 is 0 Å². The van der Waals surface area contributed by atoms with Crippen molar-refractivity contribution in [2.45, 2.75) is 44.3 Å². The minimum absolute atomic E-state index is 0.00662. The number of aromatic nitrogens is 3. The van der Waals surface area contributed by atoms with Crippen molar-refractivity contribution in [1.29, 1.82) is 0 Å². The van der Waals surface area contributed by atoms with Crippen molar-refractivity contribution in [3.8, 4) is 11.1 Å². The average molecular weight is 435 g/mol. The Hall–Kier alpha value is -3.16. The van der Waals surface area contributed by atoms with E-state index in [1.807, 2.05) is 18.1 Å². The molecule has 4 aliphatic rings. The zero-order chi connectivity index (χ0) is 22.0. The van der Waals surface area contributed by atoms with Crippen LogP contribution in [0, 0.1) is 11.8 Å². The van der Waals surface area contributed by atoms with Gasteiger partial charge in [-0.1, -0.05) is 6.08 Å². The number of allylic oxidation sites excluding steroid dienone is 2. The van der Waals surface area contributed by atoms with E-state index in [0.29, 0.717) is 12.4 Å². The van der Waals surface area contributed by atoms with E-state index >= 15 is 0 Å². The minimum Gasteiger partial charge on any atom is -0.382 e. The van der Waals surface area contributed by atoms with E-state index in [0.717, 1.165) is 54.7 Å². The summed E-state index contributed by atoms with van der Waals surface area (Å²) in [5, 5.41) is 4.69. The molecular weight excluding hydrogens is 407 g/mol. The molecule has 1 saturated carbocycles. The van der Waals surface area contributed by atoms with Crippen molar-refractivity contribution < 1.29 is 9.18 Å². The summed E-state index contributed by atoms with van der Waals surface area (Å²) in [5.74, 6) is -0.396. The lowest BCUT2D eigenvalue weighted by Crippen LogP contribution is -2.46. The van der Waals surface area contributed by atoms with Gasteiger partial charge in [0, 0.05) is 55.1 Å². The number of pyridine rings is 1. The summed E-state index contributed by atoms with van der Waals surface area (Å²) in [6.07, 6.45) is 12.5. The lowest BCUT2D eigenvalue weighted by Gasteiger charge is -2.38. The molecule has 7 nitrogen and oxygen atoms in total. The van der Waals surface area contributed by atoms with Crippen molar-refractivity contribution in [2.24, 2.45) is 18.9 Å². The van der Waals surface area contributed by atoms with Gasteiger partial charge in [-0.2, -0.15) is 5.10 Å². The van der Waals surface area contributed by atoms with Crippen LogP contribution in [0.1, 0.15) is 31.4 Å². The average Bonchev–Trinajstić information content (AvgIpc) is 3.38. The van der Waals surface area contributed by atoms with Gasteiger partial charge in [-0.15, -0.1) is 0 Å². The minimum atomic E-state index is -0.398. The molecule has 2 aromatic rings. The topological polar surface area (TPSA) is 80.3 Å². The highest BCUT2D eigenvalue weighted by Gasteiger charge is 2.44. The maximum Gasteiger partial charge on any atom is 0.230 e. The molecule has 2 aliphatic heterocycles. The molecule has 2 N–H and O–H groups in total. The molecule has 1 saturated heterocycles. The number of nitrogen functional groups attached to an aromatic ring is 1. The molecule has 2 unspecified atom stereocenters. The highest BCUT2D eigenvalue weighted by atomic mass is 19.1. The molecule has 32 heavy (non-hydrogen) atoms. The lowest BCUT2D eigenvalue weighted by molar-refractivity contribution is -0.136. The third-order valence-electron chi connectivity index (χ3n) is 7.27. The fourth-order valence-electron chi connectivity index (χ4n) is 5.62. The molecule has 2 bridgehead atoms. The fraction of sp³-hybridized carbons (Fsp3) is 0.458. The molecule has 0 radical (unpaired) electrons. The second-order valence-electron chi connectivity index (χ2n) is 9.41. The van der Waals surface area contributed by atoms with Gasteiger partial charge in [0.2, 0.25) is 5.91 Å². The van der Waals surface area contributed by atoms with Gasteiger partial charge in [0.1, 0.15) is 11.6 Å². The first-order valence-corrected chi connectivity index (χ1v) is 11.4. The molecule has 0 aromatic carbocycles. The molecule has 3 atom stereocenters. The van der Waals surface area contributed by atoms with Crippen molar-refractivity contribution in [1.82, 2.24) is 19.7 Å². The number of rotatable bonds is 1. The number of aryl methyl sites for hydroxylation is 1. The first kappa shape index (κ1) is 19.5. The van der Waals surface area contributed by atoms with Crippen molar-refractivity contribution in [3.63, 3.8) is 0 Å². The number of halogens is 1. The Morgan fingerprint density at radius 1 is 1.22 bits per heavy atom. The summed E-state index contributed by atoms with van der Waals surface area (Å²) in [7, 11) is 1.89. The highest BCUT2D eigenvalue weighted by Crippen LogP contribution is 2.42. The Balaban J connectivity index is 1.55. The number of nitrogens with two attached hydrogens (primary N) is 1. The van der Waals surface area contributed by atoms with E-state index in [9.17, 15) is 9.18 Å². The molecule has 4 heterocycles. The van der Waals surface area contributed by atoms with Crippen LogP contribution in [-0.2, 0) is 18.4 Å². The van der Waals surface area contributed by atoms with Gasteiger partial charge in [0.05, 0.1) is 23.8 Å². The number of nitrogens with zero attached hydrogens (tertiary/aromatic N) is 5. The maximum absolute atomic E-state index is 14.4. The van der Waals surface area contributed by atoms with Crippen molar-refractivity contribution in [2.75, 3.05) is 17.2 Å². The Morgan fingerprint density at radius 3 is 2.88 bits per heavy atom. The zero-order valence-electron chi connectivity index (χ0n) is 18.1. The van der Waals surface area contributed by atoms with Crippen LogP contribution in [0.4, 0.5) is 15.9 Å². The number of fused-ring (bicyclic) bond motifs is 8. The molecule has 2 fully saturated rings. The van der Waals surface area contributed by atoms with Gasteiger partial charge in [-0.3, -0.25) is 9.48 Å². The van der Waals surface area contributed by atoms with Crippen LogP contribution >= 0.6 is 0 Å². The SMILES string of the molecule is Cn1cc2c(n1)CN(C1CC1)C(=O)C1C=CC(F)=CC1[C@H]1CCCN1c1cc-2cnc1N. The third-order valence-corrected chi connectivity index (χ3v) is 7.27. The van der Waals surface area contributed by atoms with Crippen LogP contribution in [0.5, 0.6) is 0 Å². The quantitative estimate of drug-likeness (QED) is 0.746. The Bertz CT molecular complexity index is 1150. The summed E-state index contributed by atoms with van der Waals surface area (Å²) in [4.78, 5) is 22.6. The first-order valence-electron chi connectivity index (χ1n) is 11.4. The van der Waals surface area contributed by atoms with Gasteiger partial charge in [0.25, 0.3) is 0 Å². The molecule has 2 aliphatic carbocycles. The van der Waals surface area contributed by atoms with Crippen LogP contribution in [0.15, 0.2) is 42.5 Å². The molecular formula is C24H27FN6O.